The largest absolute Gasteiger partial charge is 0.456 e. The van der Waals surface area contributed by atoms with E-state index >= 15 is 0 Å². The molecule has 0 atom stereocenters. The van der Waals surface area contributed by atoms with Gasteiger partial charge in [-0.15, -0.1) is 0 Å². The molecular formula is C17H20N2O4S. The van der Waals surface area contributed by atoms with Gasteiger partial charge in [0, 0.05) is 23.3 Å². The minimum absolute atomic E-state index is 0.0498. The fourth-order valence-corrected chi connectivity index (χ4v) is 2.93. The minimum atomic E-state index is -0.511. The molecule has 6 nitrogen and oxygen atoms in total. The summed E-state index contributed by atoms with van der Waals surface area (Å²) in [5.74, 6) is -0.899. The minimum Gasteiger partial charge on any atom is -0.456 e. The van der Waals surface area contributed by atoms with Gasteiger partial charge < -0.3 is 14.6 Å². The third-order valence-electron chi connectivity index (χ3n) is 3.76. The van der Waals surface area contributed by atoms with Crippen LogP contribution >= 0.6 is 11.3 Å². The van der Waals surface area contributed by atoms with E-state index in [1.54, 1.807) is 18.4 Å². The Morgan fingerprint density at radius 2 is 2.00 bits per heavy atom. The maximum Gasteiger partial charge on any atom is 0.308 e. The molecule has 0 fully saturated rings. The van der Waals surface area contributed by atoms with Gasteiger partial charge in [-0.05, 0) is 38.0 Å². The number of nitrogens with zero attached hydrogens (tertiary/aromatic N) is 1. The topological polar surface area (TPSA) is 77.4 Å². The van der Waals surface area contributed by atoms with Crippen molar-refractivity contribution < 1.29 is 14.3 Å². The number of amides is 1. The van der Waals surface area contributed by atoms with Crippen LogP contribution in [0, 0.1) is 20.8 Å². The van der Waals surface area contributed by atoms with Crippen LogP contribution in [0.15, 0.2) is 28.4 Å². The van der Waals surface area contributed by atoms with Crippen LogP contribution in [0.4, 0.5) is 5.69 Å². The summed E-state index contributed by atoms with van der Waals surface area (Å²) in [5.41, 5.74) is 3.56. The molecule has 1 aromatic heterocycles. The molecule has 0 saturated heterocycles. The van der Waals surface area contributed by atoms with Crippen molar-refractivity contribution in [1.82, 2.24) is 4.57 Å². The van der Waals surface area contributed by atoms with E-state index in [2.05, 4.69) is 5.32 Å². The normalized spacial score (nSPS) is 10.5. The molecule has 0 radical (unpaired) electrons. The van der Waals surface area contributed by atoms with E-state index in [1.165, 1.54) is 4.57 Å². The van der Waals surface area contributed by atoms with Crippen LogP contribution in [-0.2, 0) is 20.9 Å². The molecule has 24 heavy (non-hydrogen) atoms. The zero-order valence-corrected chi connectivity index (χ0v) is 14.7. The predicted molar refractivity (Wildman–Crippen MR) is 93.4 cm³/mol. The predicted octanol–water partition coefficient (Wildman–Crippen LogP) is 2.41. The average molecular weight is 348 g/mol. The molecule has 0 bridgehead atoms. The third-order valence-corrected chi connectivity index (χ3v) is 4.64. The maximum absolute atomic E-state index is 11.9. The molecule has 0 spiro atoms. The average Bonchev–Trinajstić information content (AvgIpc) is 2.86. The number of rotatable bonds is 6. The van der Waals surface area contributed by atoms with Crippen molar-refractivity contribution in [2.24, 2.45) is 0 Å². The lowest BCUT2D eigenvalue weighted by Gasteiger charge is -2.10. The highest BCUT2D eigenvalue weighted by Crippen LogP contribution is 2.17. The van der Waals surface area contributed by atoms with Crippen LogP contribution in [-0.4, -0.2) is 23.1 Å². The molecule has 1 N–H and O–H groups in total. The Labute approximate surface area is 144 Å². The number of benzene rings is 1. The zero-order chi connectivity index (χ0) is 17.7. The first-order valence-corrected chi connectivity index (χ1v) is 8.43. The summed E-state index contributed by atoms with van der Waals surface area (Å²) < 4.78 is 6.48. The lowest BCUT2D eigenvalue weighted by molar-refractivity contribution is -0.147. The summed E-state index contributed by atoms with van der Waals surface area (Å²) in [6.45, 7) is 5.59. The second kappa shape index (κ2) is 7.92. The molecule has 0 unspecified atom stereocenters. The van der Waals surface area contributed by atoms with E-state index in [9.17, 15) is 14.4 Å². The Balaban J connectivity index is 1.80. The smallest absolute Gasteiger partial charge is 0.308 e. The third kappa shape index (κ3) is 4.55. The first kappa shape index (κ1) is 17.9. The van der Waals surface area contributed by atoms with Gasteiger partial charge in [-0.2, -0.15) is 0 Å². The molecule has 0 aliphatic rings. The van der Waals surface area contributed by atoms with Crippen molar-refractivity contribution in [3.8, 4) is 0 Å². The van der Waals surface area contributed by atoms with E-state index < -0.39 is 5.97 Å². The molecule has 2 aromatic rings. The van der Waals surface area contributed by atoms with Gasteiger partial charge >= 0.3 is 10.8 Å². The van der Waals surface area contributed by atoms with Crippen molar-refractivity contribution in [3.05, 3.63) is 50.1 Å². The van der Waals surface area contributed by atoms with Crippen molar-refractivity contribution in [1.29, 1.82) is 0 Å². The molecule has 1 aromatic carbocycles. The second-order valence-corrected chi connectivity index (χ2v) is 6.32. The van der Waals surface area contributed by atoms with E-state index in [4.69, 9.17) is 4.74 Å². The number of esters is 1. The van der Waals surface area contributed by atoms with Gasteiger partial charge in [0.1, 0.15) is 0 Å². The summed E-state index contributed by atoms with van der Waals surface area (Å²) in [7, 11) is 0. The van der Waals surface area contributed by atoms with Gasteiger partial charge in [-0.25, -0.2) is 0 Å². The van der Waals surface area contributed by atoms with Gasteiger partial charge in [0.2, 0.25) is 0 Å². The van der Waals surface area contributed by atoms with Gasteiger partial charge in [0.15, 0.2) is 6.61 Å². The lowest BCUT2D eigenvalue weighted by atomic mass is 10.1. The lowest BCUT2D eigenvalue weighted by Crippen LogP contribution is -2.23. The monoisotopic (exact) mass is 348 g/mol. The molecule has 1 amide bonds. The fourth-order valence-electron chi connectivity index (χ4n) is 2.17. The second-order valence-electron chi connectivity index (χ2n) is 5.50. The van der Waals surface area contributed by atoms with Gasteiger partial charge in [-0.3, -0.25) is 14.4 Å². The highest BCUT2D eigenvalue weighted by atomic mass is 32.1. The number of carbonyl (C=O) groups is 2. The van der Waals surface area contributed by atoms with Gasteiger partial charge in [0.05, 0.1) is 6.42 Å². The SMILES string of the molecule is Cc1cccc(NC(=O)COC(=O)CCn2c(C)csc2=O)c1C. The van der Waals surface area contributed by atoms with Crippen molar-refractivity contribution in [3.63, 3.8) is 0 Å². The van der Waals surface area contributed by atoms with E-state index in [0.29, 0.717) is 5.69 Å². The first-order chi connectivity index (χ1) is 11.4. The molecule has 7 heteroatoms. The summed E-state index contributed by atoms with van der Waals surface area (Å²) >= 11 is 1.10. The number of ether oxygens (including phenoxy) is 1. The van der Waals surface area contributed by atoms with E-state index in [-0.39, 0.29) is 30.4 Å². The van der Waals surface area contributed by atoms with Crippen molar-refractivity contribution in [2.45, 2.75) is 33.7 Å². The quantitative estimate of drug-likeness (QED) is 0.813. The number of carbonyl (C=O) groups excluding carboxylic acids is 2. The molecule has 0 aliphatic carbocycles. The highest BCUT2D eigenvalue weighted by Gasteiger charge is 2.11. The summed E-state index contributed by atoms with van der Waals surface area (Å²) in [4.78, 5) is 35.0. The summed E-state index contributed by atoms with van der Waals surface area (Å²) in [6.07, 6.45) is 0.0498. The number of thiazole rings is 1. The Morgan fingerprint density at radius 1 is 1.25 bits per heavy atom. The van der Waals surface area contributed by atoms with Gasteiger partial charge in [0.25, 0.3) is 5.91 Å². The molecular weight excluding hydrogens is 328 g/mol. The van der Waals surface area contributed by atoms with E-state index in [0.717, 1.165) is 28.2 Å². The number of anilines is 1. The first-order valence-electron chi connectivity index (χ1n) is 7.55. The molecule has 128 valence electrons. The zero-order valence-electron chi connectivity index (χ0n) is 13.9. The van der Waals surface area contributed by atoms with Gasteiger partial charge in [-0.1, -0.05) is 23.5 Å². The molecule has 0 aliphatic heterocycles. The number of aryl methyl sites for hydroxylation is 2. The highest BCUT2D eigenvalue weighted by molar-refractivity contribution is 7.07. The van der Waals surface area contributed by atoms with Crippen molar-refractivity contribution in [2.75, 3.05) is 11.9 Å². The van der Waals surface area contributed by atoms with Crippen LogP contribution in [0.2, 0.25) is 0 Å². The Bertz CT molecular complexity index is 807. The molecule has 0 saturated carbocycles. The number of hydrogen-bond acceptors (Lipinski definition) is 5. The van der Waals surface area contributed by atoms with Crippen LogP contribution < -0.4 is 10.2 Å². The number of nitrogens with one attached hydrogen (secondary N) is 1. The standard InChI is InChI=1S/C17H20N2O4S/c1-11-5-4-6-14(13(11)3)18-15(20)9-23-16(21)7-8-19-12(2)10-24-17(19)22/h4-6,10H,7-9H2,1-3H3,(H,18,20). The Morgan fingerprint density at radius 3 is 2.67 bits per heavy atom. The van der Waals surface area contributed by atoms with Crippen LogP contribution in [0.5, 0.6) is 0 Å². The molecule has 1 heterocycles. The van der Waals surface area contributed by atoms with Crippen LogP contribution in [0.3, 0.4) is 0 Å². The molecule has 2 rings (SSSR count). The number of hydrogen-bond donors (Lipinski definition) is 1. The summed E-state index contributed by atoms with van der Waals surface area (Å²) in [5, 5.41) is 4.47. The van der Waals surface area contributed by atoms with E-state index in [1.807, 2.05) is 26.0 Å². The van der Waals surface area contributed by atoms with Crippen molar-refractivity contribution >= 4 is 28.9 Å². The Kier molecular flexibility index (Phi) is 5.92. The van der Waals surface area contributed by atoms with Crippen LogP contribution in [0.1, 0.15) is 23.2 Å². The maximum atomic E-state index is 11.9. The Hall–Kier alpha value is -2.41. The summed E-state index contributed by atoms with van der Waals surface area (Å²) in [6, 6.07) is 5.61. The van der Waals surface area contributed by atoms with Crippen LogP contribution in [0.25, 0.3) is 0 Å². The fraction of sp³-hybridized carbons (Fsp3) is 0.353. The number of aromatic nitrogens is 1.